The molecular formula is C13H22N2OS. The number of rotatable bonds is 5. The van der Waals surface area contributed by atoms with Crippen molar-refractivity contribution in [1.82, 2.24) is 10.3 Å². The molecule has 0 saturated carbocycles. The highest BCUT2D eigenvalue weighted by atomic mass is 32.1. The summed E-state index contributed by atoms with van der Waals surface area (Å²) in [7, 11) is 0. The van der Waals surface area contributed by atoms with Gasteiger partial charge in [0, 0.05) is 29.9 Å². The maximum absolute atomic E-state index is 5.60. The van der Waals surface area contributed by atoms with E-state index in [4.69, 9.17) is 4.74 Å². The SMILES string of the molecule is CCNCC1(Cc2nc(C)c(C)s2)CCOC1. The topological polar surface area (TPSA) is 34.2 Å². The summed E-state index contributed by atoms with van der Waals surface area (Å²) in [5.41, 5.74) is 1.45. The van der Waals surface area contributed by atoms with Crippen LogP contribution in [-0.2, 0) is 11.2 Å². The van der Waals surface area contributed by atoms with Crippen LogP contribution in [0.15, 0.2) is 0 Å². The van der Waals surface area contributed by atoms with Crippen LogP contribution in [0.5, 0.6) is 0 Å². The predicted molar refractivity (Wildman–Crippen MR) is 71.7 cm³/mol. The molecule has 0 bridgehead atoms. The number of hydrogen-bond donors (Lipinski definition) is 1. The van der Waals surface area contributed by atoms with Crippen LogP contribution in [0.4, 0.5) is 0 Å². The van der Waals surface area contributed by atoms with Gasteiger partial charge in [-0.1, -0.05) is 6.92 Å². The first kappa shape index (κ1) is 13.0. The zero-order valence-electron chi connectivity index (χ0n) is 11.0. The van der Waals surface area contributed by atoms with Crippen LogP contribution < -0.4 is 5.32 Å². The number of thiazole rings is 1. The minimum Gasteiger partial charge on any atom is -0.381 e. The Morgan fingerprint density at radius 2 is 2.29 bits per heavy atom. The van der Waals surface area contributed by atoms with Gasteiger partial charge in [0.25, 0.3) is 0 Å². The van der Waals surface area contributed by atoms with E-state index in [2.05, 4.69) is 31.1 Å². The predicted octanol–water partition coefficient (Wildman–Crippen LogP) is 2.32. The van der Waals surface area contributed by atoms with E-state index < -0.39 is 0 Å². The van der Waals surface area contributed by atoms with Crippen LogP contribution in [0, 0.1) is 19.3 Å². The lowest BCUT2D eigenvalue weighted by Crippen LogP contribution is -2.36. The summed E-state index contributed by atoms with van der Waals surface area (Å²) >= 11 is 1.84. The number of ether oxygens (including phenoxy) is 1. The molecule has 0 radical (unpaired) electrons. The van der Waals surface area contributed by atoms with Gasteiger partial charge >= 0.3 is 0 Å². The molecule has 96 valence electrons. The number of hydrogen-bond acceptors (Lipinski definition) is 4. The fraction of sp³-hybridized carbons (Fsp3) is 0.769. The molecule has 1 unspecified atom stereocenters. The Morgan fingerprint density at radius 3 is 2.82 bits per heavy atom. The molecule has 1 aromatic heterocycles. The van der Waals surface area contributed by atoms with Crippen molar-refractivity contribution in [3.8, 4) is 0 Å². The molecular weight excluding hydrogens is 232 g/mol. The smallest absolute Gasteiger partial charge is 0.0937 e. The van der Waals surface area contributed by atoms with Crippen molar-refractivity contribution in [3.05, 3.63) is 15.6 Å². The normalized spacial score (nSPS) is 24.4. The van der Waals surface area contributed by atoms with Crippen LogP contribution in [0.3, 0.4) is 0 Å². The van der Waals surface area contributed by atoms with Crippen molar-refractivity contribution >= 4 is 11.3 Å². The van der Waals surface area contributed by atoms with Gasteiger partial charge in [0.1, 0.15) is 0 Å². The Kier molecular flexibility index (Phi) is 4.17. The minimum atomic E-state index is 0.271. The third-order valence-electron chi connectivity index (χ3n) is 3.53. The van der Waals surface area contributed by atoms with E-state index in [0.717, 1.165) is 39.1 Å². The van der Waals surface area contributed by atoms with Gasteiger partial charge in [-0.05, 0) is 26.8 Å². The summed E-state index contributed by atoms with van der Waals surface area (Å²) in [4.78, 5) is 6.01. The molecule has 2 heterocycles. The van der Waals surface area contributed by atoms with E-state index in [1.54, 1.807) is 0 Å². The molecule has 1 N–H and O–H groups in total. The zero-order chi connectivity index (χ0) is 12.3. The summed E-state index contributed by atoms with van der Waals surface area (Å²) in [6, 6.07) is 0. The van der Waals surface area contributed by atoms with E-state index in [1.165, 1.54) is 15.6 Å². The number of aromatic nitrogens is 1. The third-order valence-corrected chi connectivity index (χ3v) is 4.61. The molecule has 3 nitrogen and oxygen atoms in total. The molecule has 17 heavy (non-hydrogen) atoms. The second kappa shape index (κ2) is 5.46. The average molecular weight is 254 g/mol. The van der Waals surface area contributed by atoms with E-state index >= 15 is 0 Å². The largest absolute Gasteiger partial charge is 0.381 e. The van der Waals surface area contributed by atoms with Crippen molar-refractivity contribution in [2.45, 2.75) is 33.6 Å². The molecule has 1 fully saturated rings. The first-order valence-corrected chi connectivity index (χ1v) is 7.18. The highest BCUT2D eigenvalue weighted by Crippen LogP contribution is 2.33. The molecule has 1 aliphatic rings. The molecule has 0 spiro atoms. The van der Waals surface area contributed by atoms with E-state index in [1.807, 2.05) is 11.3 Å². The van der Waals surface area contributed by atoms with Gasteiger partial charge in [0.15, 0.2) is 0 Å². The quantitative estimate of drug-likeness (QED) is 0.875. The van der Waals surface area contributed by atoms with E-state index in [0.29, 0.717) is 0 Å². The summed E-state index contributed by atoms with van der Waals surface area (Å²) in [6.45, 7) is 10.2. The van der Waals surface area contributed by atoms with Crippen molar-refractivity contribution in [2.24, 2.45) is 5.41 Å². The third kappa shape index (κ3) is 3.06. The second-order valence-corrected chi connectivity index (χ2v) is 6.30. The molecule has 4 heteroatoms. The maximum Gasteiger partial charge on any atom is 0.0937 e. The summed E-state index contributed by atoms with van der Waals surface area (Å²) in [5.74, 6) is 0. The standard InChI is InChI=1S/C13H22N2OS/c1-4-14-8-13(5-6-16-9-13)7-12-15-10(2)11(3)17-12/h14H,4-9H2,1-3H3. The number of nitrogens with zero attached hydrogens (tertiary/aromatic N) is 1. The first-order valence-electron chi connectivity index (χ1n) is 6.36. The fourth-order valence-corrected chi connectivity index (χ4v) is 3.42. The van der Waals surface area contributed by atoms with Gasteiger partial charge in [0.05, 0.1) is 17.3 Å². The highest BCUT2D eigenvalue weighted by molar-refractivity contribution is 7.11. The monoisotopic (exact) mass is 254 g/mol. The molecule has 0 aromatic carbocycles. The van der Waals surface area contributed by atoms with Crippen LogP contribution in [0.2, 0.25) is 0 Å². The fourth-order valence-electron chi connectivity index (χ4n) is 2.32. The van der Waals surface area contributed by atoms with Gasteiger partial charge in [-0.15, -0.1) is 11.3 Å². The Morgan fingerprint density at radius 1 is 1.47 bits per heavy atom. The molecule has 0 aliphatic carbocycles. The van der Waals surface area contributed by atoms with E-state index in [9.17, 15) is 0 Å². The van der Waals surface area contributed by atoms with Crippen molar-refractivity contribution < 1.29 is 4.74 Å². The van der Waals surface area contributed by atoms with Gasteiger partial charge < -0.3 is 10.1 Å². The molecule has 1 saturated heterocycles. The van der Waals surface area contributed by atoms with Crippen molar-refractivity contribution in [1.29, 1.82) is 0 Å². The maximum atomic E-state index is 5.60. The van der Waals surface area contributed by atoms with Crippen LogP contribution in [-0.4, -0.2) is 31.3 Å². The molecule has 1 aromatic rings. The molecule has 0 amide bonds. The zero-order valence-corrected chi connectivity index (χ0v) is 11.8. The van der Waals surface area contributed by atoms with E-state index in [-0.39, 0.29) is 5.41 Å². The highest BCUT2D eigenvalue weighted by Gasteiger charge is 2.35. The van der Waals surface area contributed by atoms with Gasteiger partial charge in [-0.2, -0.15) is 0 Å². The molecule has 2 rings (SSSR count). The number of nitrogens with one attached hydrogen (secondary N) is 1. The summed E-state index contributed by atoms with van der Waals surface area (Å²) in [5, 5.41) is 4.74. The first-order chi connectivity index (χ1) is 8.15. The summed E-state index contributed by atoms with van der Waals surface area (Å²) < 4.78 is 5.60. The lowest BCUT2D eigenvalue weighted by molar-refractivity contribution is 0.149. The van der Waals surface area contributed by atoms with Gasteiger partial charge in [0.2, 0.25) is 0 Å². The number of aryl methyl sites for hydroxylation is 2. The lowest BCUT2D eigenvalue weighted by Gasteiger charge is -2.26. The van der Waals surface area contributed by atoms with Crippen molar-refractivity contribution in [3.63, 3.8) is 0 Å². The Labute approximate surface area is 108 Å². The van der Waals surface area contributed by atoms with Gasteiger partial charge in [-0.3, -0.25) is 0 Å². The Balaban J connectivity index is 2.06. The van der Waals surface area contributed by atoms with Crippen LogP contribution in [0.25, 0.3) is 0 Å². The lowest BCUT2D eigenvalue weighted by atomic mass is 9.84. The minimum absolute atomic E-state index is 0.271. The van der Waals surface area contributed by atoms with Crippen molar-refractivity contribution in [2.75, 3.05) is 26.3 Å². The van der Waals surface area contributed by atoms with Crippen LogP contribution in [0.1, 0.15) is 28.9 Å². The molecule has 1 aliphatic heterocycles. The Bertz CT molecular complexity index is 350. The second-order valence-electron chi connectivity index (χ2n) is 5.01. The molecule has 1 atom stereocenters. The van der Waals surface area contributed by atoms with Gasteiger partial charge in [-0.25, -0.2) is 4.98 Å². The summed E-state index contributed by atoms with van der Waals surface area (Å²) in [6.07, 6.45) is 2.21. The van der Waals surface area contributed by atoms with Crippen LogP contribution >= 0.6 is 11.3 Å². The average Bonchev–Trinajstić information content (AvgIpc) is 2.86. The Hall–Kier alpha value is -0.450.